The number of anilines is 1. The minimum atomic E-state index is -0.709. The Balaban J connectivity index is 2.19. The van der Waals surface area contributed by atoms with Gasteiger partial charge in [0.15, 0.2) is 0 Å². The summed E-state index contributed by atoms with van der Waals surface area (Å²) in [6.45, 7) is 9.54. The van der Waals surface area contributed by atoms with Gasteiger partial charge in [0.1, 0.15) is 5.82 Å². The van der Waals surface area contributed by atoms with Crippen molar-refractivity contribution in [3.8, 4) is 0 Å². The second-order valence-electron chi connectivity index (χ2n) is 6.55. The molecule has 2 rings (SSSR count). The maximum Gasteiger partial charge on any atom is 0.497 e. The minimum Gasteiger partial charge on any atom is -0.399 e. The molecule has 2 N–H and O–H groups in total. The lowest BCUT2D eigenvalue weighted by Crippen LogP contribution is -2.41. The molecule has 0 aliphatic carbocycles. The van der Waals surface area contributed by atoms with Crippen molar-refractivity contribution in [2.75, 3.05) is 11.9 Å². The minimum absolute atomic E-state index is 0.0133. The van der Waals surface area contributed by atoms with E-state index in [2.05, 4.69) is 5.32 Å². The molecule has 0 unspecified atom stereocenters. The Hall–Kier alpha value is -1.11. The third-order valence-electron chi connectivity index (χ3n) is 4.19. The fourth-order valence-electron chi connectivity index (χ4n) is 2.11. The number of aliphatic hydroxyl groups is 1. The van der Waals surface area contributed by atoms with Crippen molar-refractivity contribution in [1.82, 2.24) is 0 Å². The first kappa shape index (κ1) is 16.3. The lowest BCUT2D eigenvalue weighted by Gasteiger charge is -2.32. The van der Waals surface area contributed by atoms with Gasteiger partial charge in [0.05, 0.1) is 17.8 Å². The maximum absolute atomic E-state index is 14.3. The highest BCUT2D eigenvalue weighted by molar-refractivity contribution is 6.62. The van der Waals surface area contributed by atoms with Crippen LogP contribution in [0.5, 0.6) is 0 Å². The van der Waals surface area contributed by atoms with E-state index in [1.807, 2.05) is 34.6 Å². The van der Waals surface area contributed by atoms with Crippen molar-refractivity contribution in [3.63, 3.8) is 0 Å². The van der Waals surface area contributed by atoms with Gasteiger partial charge < -0.3 is 19.7 Å². The summed E-state index contributed by atoms with van der Waals surface area (Å²) in [4.78, 5) is 0. The molecule has 116 valence electrons. The van der Waals surface area contributed by atoms with Crippen LogP contribution in [0.2, 0.25) is 0 Å². The lowest BCUT2D eigenvalue weighted by atomic mass is 9.78. The summed E-state index contributed by atoms with van der Waals surface area (Å²) in [6, 6.07) is 4.68. The summed E-state index contributed by atoms with van der Waals surface area (Å²) in [5.41, 5.74) is 0.0175. The fourth-order valence-corrected chi connectivity index (χ4v) is 2.11. The third-order valence-corrected chi connectivity index (χ3v) is 4.19. The van der Waals surface area contributed by atoms with E-state index in [4.69, 9.17) is 14.4 Å². The zero-order valence-corrected chi connectivity index (χ0v) is 13.2. The summed E-state index contributed by atoms with van der Waals surface area (Å²) >= 11 is 0. The lowest BCUT2D eigenvalue weighted by molar-refractivity contribution is 0.00578. The van der Waals surface area contributed by atoms with Gasteiger partial charge in [0.25, 0.3) is 0 Å². The number of benzene rings is 1. The molecule has 1 aromatic rings. The number of aliphatic hydroxyl groups excluding tert-OH is 1. The number of rotatable bonds is 4. The van der Waals surface area contributed by atoms with Crippen LogP contribution in [0.15, 0.2) is 18.2 Å². The van der Waals surface area contributed by atoms with E-state index in [1.54, 1.807) is 12.1 Å². The monoisotopic (exact) mass is 295 g/mol. The van der Waals surface area contributed by atoms with Crippen molar-refractivity contribution in [2.45, 2.75) is 51.9 Å². The normalized spacial score (nSPS) is 21.4. The molecular formula is C15H23BFNO3. The number of hydrogen-bond acceptors (Lipinski definition) is 4. The molecule has 1 fully saturated rings. The van der Waals surface area contributed by atoms with Crippen LogP contribution >= 0.6 is 0 Å². The molecule has 0 bridgehead atoms. The maximum atomic E-state index is 14.3. The predicted molar refractivity (Wildman–Crippen MR) is 82.3 cm³/mol. The van der Waals surface area contributed by atoms with Gasteiger partial charge in [0.2, 0.25) is 0 Å². The highest BCUT2D eigenvalue weighted by atomic mass is 19.1. The molecule has 1 aromatic carbocycles. The molecule has 0 radical (unpaired) electrons. The van der Waals surface area contributed by atoms with Crippen LogP contribution in [0.1, 0.15) is 34.6 Å². The van der Waals surface area contributed by atoms with E-state index in [0.717, 1.165) is 0 Å². The summed E-state index contributed by atoms with van der Waals surface area (Å²) < 4.78 is 26.0. The van der Waals surface area contributed by atoms with Crippen LogP contribution in [0.3, 0.4) is 0 Å². The van der Waals surface area contributed by atoms with Crippen molar-refractivity contribution in [1.29, 1.82) is 0 Å². The zero-order chi connectivity index (χ0) is 15.8. The second kappa shape index (κ2) is 5.59. The molecule has 1 atom stereocenters. The van der Waals surface area contributed by atoms with E-state index >= 15 is 0 Å². The first-order valence-corrected chi connectivity index (χ1v) is 7.19. The van der Waals surface area contributed by atoms with Gasteiger partial charge in [-0.05, 0) is 46.8 Å². The van der Waals surface area contributed by atoms with E-state index < -0.39 is 18.3 Å². The number of halogens is 1. The van der Waals surface area contributed by atoms with E-state index in [1.165, 1.54) is 6.07 Å². The smallest absolute Gasteiger partial charge is 0.399 e. The van der Waals surface area contributed by atoms with Crippen LogP contribution in [-0.4, -0.2) is 36.1 Å². The van der Waals surface area contributed by atoms with Crippen molar-refractivity contribution in [3.05, 3.63) is 24.0 Å². The summed E-state index contributed by atoms with van der Waals surface area (Å²) in [5.74, 6) is -0.386. The third kappa shape index (κ3) is 3.22. The standard InChI is InChI=1S/C15H23BFNO3/c1-10(9-19)18-11-6-7-12(13(17)8-11)16-20-14(2,3)15(4,5)21-16/h6-8,10,18-19H,9H2,1-5H3/t10-/m0/s1. The molecule has 1 saturated heterocycles. The predicted octanol–water partition coefficient (Wildman–Crippen LogP) is 1.92. The quantitative estimate of drug-likeness (QED) is 0.833. The Bertz CT molecular complexity index is 506. The van der Waals surface area contributed by atoms with Gasteiger partial charge in [0, 0.05) is 17.2 Å². The fraction of sp³-hybridized carbons (Fsp3) is 0.600. The Morgan fingerprint density at radius 1 is 1.24 bits per heavy atom. The summed E-state index contributed by atoms with van der Waals surface area (Å²) in [5, 5.41) is 12.0. The first-order valence-electron chi connectivity index (χ1n) is 7.19. The van der Waals surface area contributed by atoms with Gasteiger partial charge in [-0.25, -0.2) is 4.39 Å². The second-order valence-corrected chi connectivity index (χ2v) is 6.55. The number of nitrogens with one attached hydrogen (secondary N) is 1. The molecule has 1 aliphatic heterocycles. The molecule has 21 heavy (non-hydrogen) atoms. The van der Waals surface area contributed by atoms with Crippen molar-refractivity contribution >= 4 is 18.3 Å². The topological polar surface area (TPSA) is 50.7 Å². The van der Waals surface area contributed by atoms with Crippen LogP contribution in [0, 0.1) is 5.82 Å². The molecule has 0 saturated carbocycles. The van der Waals surface area contributed by atoms with Crippen molar-refractivity contribution in [2.24, 2.45) is 0 Å². The zero-order valence-electron chi connectivity index (χ0n) is 13.2. The summed E-state index contributed by atoms with van der Waals surface area (Å²) in [7, 11) is -0.709. The SMILES string of the molecule is C[C@@H](CO)Nc1ccc(B2OC(C)(C)C(C)(C)O2)c(F)c1. The Kier molecular flexibility index (Phi) is 4.33. The highest BCUT2D eigenvalue weighted by Gasteiger charge is 2.52. The van der Waals surface area contributed by atoms with Gasteiger partial charge in [-0.15, -0.1) is 0 Å². The van der Waals surface area contributed by atoms with Crippen LogP contribution in [-0.2, 0) is 9.31 Å². The summed E-state index contributed by atoms with van der Waals surface area (Å²) in [6.07, 6.45) is 0. The Morgan fingerprint density at radius 2 is 1.81 bits per heavy atom. The molecule has 0 aromatic heterocycles. The van der Waals surface area contributed by atoms with Gasteiger partial charge >= 0.3 is 7.12 Å². The van der Waals surface area contributed by atoms with E-state index in [-0.39, 0.29) is 18.5 Å². The van der Waals surface area contributed by atoms with Gasteiger partial charge in [-0.3, -0.25) is 0 Å². The molecular weight excluding hydrogens is 272 g/mol. The molecule has 4 nitrogen and oxygen atoms in total. The molecule has 0 amide bonds. The van der Waals surface area contributed by atoms with E-state index in [9.17, 15) is 4.39 Å². The van der Waals surface area contributed by atoms with E-state index in [0.29, 0.717) is 11.2 Å². The van der Waals surface area contributed by atoms with Gasteiger partial charge in [-0.1, -0.05) is 6.07 Å². The average molecular weight is 295 g/mol. The Labute approximate surface area is 125 Å². The molecule has 0 spiro atoms. The highest BCUT2D eigenvalue weighted by Crippen LogP contribution is 2.36. The molecule has 1 heterocycles. The first-order chi connectivity index (χ1) is 9.66. The molecule has 1 aliphatic rings. The van der Waals surface area contributed by atoms with Crippen LogP contribution in [0.4, 0.5) is 10.1 Å². The largest absolute Gasteiger partial charge is 0.497 e. The van der Waals surface area contributed by atoms with Crippen LogP contribution < -0.4 is 10.8 Å². The van der Waals surface area contributed by atoms with Gasteiger partial charge in [-0.2, -0.15) is 0 Å². The Morgan fingerprint density at radius 3 is 2.29 bits per heavy atom. The number of hydrogen-bond donors (Lipinski definition) is 2. The van der Waals surface area contributed by atoms with Crippen molar-refractivity contribution < 1.29 is 18.8 Å². The average Bonchev–Trinajstić information content (AvgIpc) is 2.58. The molecule has 6 heteroatoms. The van der Waals surface area contributed by atoms with Crippen LogP contribution in [0.25, 0.3) is 0 Å².